The molecule has 0 saturated carbocycles. The number of amides is 1. The number of carbonyl (C=O) groups is 1. The molecule has 33 heavy (non-hydrogen) atoms. The van der Waals surface area contributed by atoms with Crippen LogP contribution in [0.15, 0.2) is 45.8 Å². The molecular weight excluding hydrogens is 553 g/mol. The molecule has 2 heterocycles. The Labute approximate surface area is 211 Å². The highest BCUT2D eigenvalue weighted by Crippen LogP contribution is 2.32. The van der Waals surface area contributed by atoms with Gasteiger partial charge in [-0.05, 0) is 84.7 Å². The normalized spacial score (nSPS) is 20.0. The average Bonchev–Trinajstić information content (AvgIpc) is 3.27. The molecule has 178 valence electrons. The van der Waals surface area contributed by atoms with E-state index in [-0.39, 0.29) is 34.5 Å². The highest BCUT2D eigenvalue weighted by molar-refractivity contribution is 9.10. The molecule has 2 aromatic carbocycles. The fourth-order valence-electron chi connectivity index (χ4n) is 3.95. The number of hydrogen-bond donors (Lipinski definition) is 2. The zero-order valence-corrected chi connectivity index (χ0v) is 21.6. The molecule has 0 aromatic heterocycles. The zero-order chi connectivity index (χ0) is 23.6. The summed E-state index contributed by atoms with van der Waals surface area (Å²) in [5.41, 5.74) is 0.374. The molecule has 2 aliphatic rings. The summed E-state index contributed by atoms with van der Waals surface area (Å²) >= 11 is 15.3. The van der Waals surface area contributed by atoms with Crippen LogP contribution in [-0.2, 0) is 10.0 Å². The third-order valence-electron chi connectivity index (χ3n) is 5.79. The Balaban J connectivity index is 1.40. The Kier molecular flexibility index (Phi) is 7.87. The summed E-state index contributed by atoms with van der Waals surface area (Å²) in [6, 6.07) is 9.17. The molecular formula is C22H24BrCl2N3O4S. The standard InChI is InChI=1S/C22H24BrCl2N3O4S/c23-18-12-17(2-4-21(18)32-16-5-8-26-9-6-16)33(30,31)28-10-7-15(13-28)27-22(29)14-1-3-19(24)20(25)11-14/h1-4,11-12,15-16,26H,5-10,13H2,(H,27,29)/t15-/m1/s1. The Bertz CT molecular complexity index is 1140. The molecule has 2 N–H and O–H groups in total. The lowest BCUT2D eigenvalue weighted by atomic mass is 10.1. The summed E-state index contributed by atoms with van der Waals surface area (Å²) in [7, 11) is -3.71. The van der Waals surface area contributed by atoms with Crippen LogP contribution in [-0.4, -0.2) is 57.0 Å². The molecule has 0 radical (unpaired) electrons. The van der Waals surface area contributed by atoms with E-state index in [1.54, 1.807) is 30.3 Å². The summed E-state index contributed by atoms with van der Waals surface area (Å²) in [6.07, 6.45) is 2.46. The lowest BCUT2D eigenvalue weighted by molar-refractivity contribution is 0.0939. The summed E-state index contributed by atoms with van der Waals surface area (Å²) in [6.45, 7) is 2.33. The van der Waals surface area contributed by atoms with Crippen molar-refractivity contribution in [3.8, 4) is 5.75 Å². The third-order valence-corrected chi connectivity index (χ3v) is 9.01. The second kappa shape index (κ2) is 10.5. The Morgan fingerprint density at radius 2 is 1.85 bits per heavy atom. The molecule has 2 aromatic rings. The number of piperidine rings is 1. The van der Waals surface area contributed by atoms with Crippen molar-refractivity contribution in [2.75, 3.05) is 26.2 Å². The van der Waals surface area contributed by atoms with Crippen molar-refractivity contribution in [3.63, 3.8) is 0 Å². The smallest absolute Gasteiger partial charge is 0.251 e. The van der Waals surface area contributed by atoms with Crippen molar-refractivity contribution in [1.82, 2.24) is 14.9 Å². The van der Waals surface area contributed by atoms with Gasteiger partial charge < -0.3 is 15.4 Å². The van der Waals surface area contributed by atoms with Gasteiger partial charge in [-0.1, -0.05) is 23.2 Å². The zero-order valence-electron chi connectivity index (χ0n) is 17.7. The van der Waals surface area contributed by atoms with E-state index >= 15 is 0 Å². The maximum Gasteiger partial charge on any atom is 0.251 e. The van der Waals surface area contributed by atoms with Crippen molar-refractivity contribution >= 4 is 55.1 Å². The molecule has 0 unspecified atom stereocenters. The summed E-state index contributed by atoms with van der Waals surface area (Å²) < 4.78 is 34.4. The molecule has 4 rings (SSSR count). The maximum absolute atomic E-state index is 13.2. The topological polar surface area (TPSA) is 87.7 Å². The number of benzene rings is 2. The van der Waals surface area contributed by atoms with Crippen LogP contribution in [0.4, 0.5) is 0 Å². The van der Waals surface area contributed by atoms with Gasteiger partial charge in [0.05, 0.1) is 19.4 Å². The molecule has 2 saturated heterocycles. The second-order valence-electron chi connectivity index (χ2n) is 8.11. The van der Waals surface area contributed by atoms with E-state index in [9.17, 15) is 13.2 Å². The third kappa shape index (κ3) is 5.83. The number of rotatable bonds is 6. The van der Waals surface area contributed by atoms with Crippen LogP contribution in [0.5, 0.6) is 5.75 Å². The van der Waals surface area contributed by atoms with E-state index in [4.69, 9.17) is 27.9 Å². The number of hydrogen-bond acceptors (Lipinski definition) is 5. The van der Waals surface area contributed by atoms with Gasteiger partial charge in [0.15, 0.2) is 0 Å². The van der Waals surface area contributed by atoms with Crippen LogP contribution >= 0.6 is 39.1 Å². The maximum atomic E-state index is 13.2. The van der Waals surface area contributed by atoms with Gasteiger partial charge in [0.25, 0.3) is 5.91 Å². The lowest BCUT2D eigenvalue weighted by Crippen LogP contribution is -2.38. The number of ether oxygens (including phenoxy) is 1. The Morgan fingerprint density at radius 3 is 2.55 bits per heavy atom. The predicted molar refractivity (Wildman–Crippen MR) is 132 cm³/mol. The quantitative estimate of drug-likeness (QED) is 0.541. The molecule has 0 spiro atoms. The van der Waals surface area contributed by atoms with Crippen LogP contribution < -0.4 is 15.4 Å². The molecule has 1 atom stereocenters. The van der Waals surface area contributed by atoms with Gasteiger partial charge in [0.1, 0.15) is 11.9 Å². The van der Waals surface area contributed by atoms with E-state index in [1.807, 2.05) is 0 Å². The van der Waals surface area contributed by atoms with Crippen LogP contribution in [0.2, 0.25) is 10.0 Å². The Morgan fingerprint density at radius 1 is 1.09 bits per heavy atom. The fourth-order valence-corrected chi connectivity index (χ4v) is 6.40. The summed E-state index contributed by atoms with van der Waals surface area (Å²) in [5, 5.41) is 6.83. The molecule has 1 amide bonds. The molecule has 7 nitrogen and oxygen atoms in total. The number of halogens is 3. The van der Waals surface area contributed by atoms with Crippen LogP contribution in [0.1, 0.15) is 29.6 Å². The first-order valence-electron chi connectivity index (χ1n) is 10.7. The first-order chi connectivity index (χ1) is 15.7. The first-order valence-corrected chi connectivity index (χ1v) is 13.7. The lowest BCUT2D eigenvalue weighted by Gasteiger charge is -2.24. The van der Waals surface area contributed by atoms with Gasteiger partial charge in [-0.15, -0.1) is 0 Å². The van der Waals surface area contributed by atoms with Crippen molar-refractivity contribution in [2.24, 2.45) is 0 Å². The average molecular weight is 577 g/mol. The molecule has 0 bridgehead atoms. The van der Waals surface area contributed by atoms with Crippen molar-refractivity contribution in [1.29, 1.82) is 0 Å². The van der Waals surface area contributed by atoms with E-state index in [0.29, 0.717) is 33.8 Å². The van der Waals surface area contributed by atoms with Gasteiger partial charge in [0.2, 0.25) is 10.0 Å². The van der Waals surface area contributed by atoms with E-state index in [2.05, 4.69) is 26.6 Å². The van der Waals surface area contributed by atoms with Crippen LogP contribution in [0.3, 0.4) is 0 Å². The van der Waals surface area contributed by atoms with E-state index < -0.39 is 10.0 Å². The minimum atomic E-state index is -3.71. The van der Waals surface area contributed by atoms with E-state index in [1.165, 1.54) is 10.4 Å². The number of nitrogens with one attached hydrogen (secondary N) is 2. The van der Waals surface area contributed by atoms with Gasteiger partial charge in [-0.3, -0.25) is 4.79 Å². The first kappa shape index (κ1) is 24.8. The highest BCUT2D eigenvalue weighted by Gasteiger charge is 2.34. The van der Waals surface area contributed by atoms with Crippen molar-refractivity contribution < 1.29 is 17.9 Å². The molecule has 2 aliphatic heterocycles. The van der Waals surface area contributed by atoms with Crippen molar-refractivity contribution in [3.05, 3.63) is 56.5 Å². The van der Waals surface area contributed by atoms with Gasteiger partial charge in [-0.2, -0.15) is 4.31 Å². The fraction of sp³-hybridized carbons (Fsp3) is 0.409. The van der Waals surface area contributed by atoms with Crippen molar-refractivity contribution in [2.45, 2.75) is 36.3 Å². The predicted octanol–water partition coefficient (Wildman–Crippen LogP) is 4.08. The molecule has 11 heteroatoms. The Hall–Kier alpha value is -1.36. The highest BCUT2D eigenvalue weighted by atomic mass is 79.9. The molecule has 2 fully saturated rings. The SMILES string of the molecule is O=C(N[C@@H]1CCN(S(=O)(=O)c2ccc(OC3CCNCC3)c(Br)c2)C1)c1ccc(Cl)c(Cl)c1. The minimum Gasteiger partial charge on any atom is -0.489 e. The van der Waals surface area contributed by atoms with Gasteiger partial charge >= 0.3 is 0 Å². The second-order valence-corrected chi connectivity index (χ2v) is 11.7. The minimum absolute atomic E-state index is 0.114. The van der Waals surface area contributed by atoms with Crippen LogP contribution in [0, 0.1) is 0 Å². The number of carbonyl (C=O) groups excluding carboxylic acids is 1. The number of sulfonamides is 1. The molecule has 0 aliphatic carbocycles. The largest absolute Gasteiger partial charge is 0.489 e. The van der Waals surface area contributed by atoms with Crippen LogP contribution in [0.25, 0.3) is 0 Å². The van der Waals surface area contributed by atoms with Gasteiger partial charge in [-0.25, -0.2) is 8.42 Å². The monoisotopic (exact) mass is 575 g/mol. The van der Waals surface area contributed by atoms with E-state index in [0.717, 1.165) is 25.9 Å². The summed E-state index contributed by atoms with van der Waals surface area (Å²) in [5.74, 6) is 0.314. The number of nitrogens with zero attached hydrogens (tertiary/aromatic N) is 1. The van der Waals surface area contributed by atoms with Gasteiger partial charge in [0, 0.05) is 24.7 Å². The summed E-state index contributed by atoms with van der Waals surface area (Å²) in [4.78, 5) is 12.7.